The second-order valence-electron chi connectivity index (χ2n) is 2.06. The SMILES string of the molecule is O=NC1(Cl)C=CC=C(Cl)C1. The molecular weight excluding hydrogens is 173 g/mol. The zero-order valence-corrected chi connectivity index (χ0v) is 6.56. The lowest BCUT2D eigenvalue weighted by Gasteiger charge is -2.15. The highest BCUT2D eigenvalue weighted by atomic mass is 35.5. The van der Waals surface area contributed by atoms with Crippen molar-refractivity contribution in [2.24, 2.45) is 5.18 Å². The third-order valence-corrected chi connectivity index (χ3v) is 1.79. The molecule has 1 atom stereocenters. The van der Waals surface area contributed by atoms with Gasteiger partial charge in [-0.3, -0.25) is 0 Å². The van der Waals surface area contributed by atoms with Gasteiger partial charge in [-0.25, -0.2) is 0 Å². The maximum absolute atomic E-state index is 10.1. The molecule has 1 aliphatic carbocycles. The summed E-state index contributed by atoms with van der Waals surface area (Å²) in [4.78, 5) is 8.96. The van der Waals surface area contributed by atoms with Crippen LogP contribution in [0, 0.1) is 4.91 Å². The van der Waals surface area contributed by atoms with E-state index < -0.39 is 5.00 Å². The predicted molar refractivity (Wildman–Crippen MR) is 42.1 cm³/mol. The van der Waals surface area contributed by atoms with Crippen LogP contribution in [0.4, 0.5) is 0 Å². The number of nitroso groups, excluding NO2 is 1. The normalized spacial score (nSPS) is 31.6. The second-order valence-corrected chi connectivity index (χ2v) is 3.20. The van der Waals surface area contributed by atoms with Crippen LogP contribution < -0.4 is 0 Å². The second kappa shape index (κ2) is 2.72. The van der Waals surface area contributed by atoms with E-state index in [2.05, 4.69) is 5.18 Å². The summed E-state index contributed by atoms with van der Waals surface area (Å²) in [6.07, 6.45) is 5.12. The molecule has 0 amide bonds. The van der Waals surface area contributed by atoms with E-state index in [1.807, 2.05) is 0 Å². The van der Waals surface area contributed by atoms with Gasteiger partial charge in [0.2, 0.25) is 0 Å². The number of alkyl halides is 1. The summed E-state index contributed by atoms with van der Waals surface area (Å²) in [6, 6.07) is 0. The molecule has 0 heterocycles. The summed E-state index contributed by atoms with van der Waals surface area (Å²) in [5.74, 6) is 0. The quantitative estimate of drug-likeness (QED) is 0.344. The average molecular weight is 178 g/mol. The molecule has 4 heteroatoms. The van der Waals surface area contributed by atoms with Gasteiger partial charge in [0.05, 0.1) is 0 Å². The first-order chi connectivity index (χ1) is 4.66. The van der Waals surface area contributed by atoms with Crippen LogP contribution in [-0.4, -0.2) is 5.00 Å². The van der Waals surface area contributed by atoms with Crippen LogP contribution in [0.1, 0.15) is 6.42 Å². The van der Waals surface area contributed by atoms with Crippen LogP contribution in [0.3, 0.4) is 0 Å². The Morgan fingerprint density at radius 3 is 2.80 bits per heavy atom. The first kappa shape index (κ1) is 7.76. The van der Waals surface area contributed by atoms with Gasteiger partial charge in [-0.1, -0.05) is 29.3 Å². The molecule has 0 saturated carbocycles. The van der Waals surface area contributed by atoms with Gasteiger partial charge in [-0.05, 0) is 17.3 Å². The molecule has 0 spiro atoms. The van der Waals surface area contributed by atoms with Crippen LogP contribution in [0.15, 0.2) is 28.4 Å². The summed E-state index contributed by atoms with van der Waals surface area (Å²) in [5, 5.41) is 3.29. The van der Waals surface area contributed by atoms with E-state index in [4.69, 9.17) is 23.2 Å². The van der Waals surface area contributed by atoms with E-state index in [9.17, 15) is 4.91 Å². The Morgan fingerprint density at radius 1 is 1.70 bits per heavy atom. The van der Waals surface area contributed by atoms with E-state index in [1.165, 1.54) is 6.08 Å². The van der Waals surface area contributed by atoms with Gasteiger partial charge in [0.1, 0.15) is 0 Å². The van der Waals surface area contributed by atoms with Crippen LogP contribution in [0.5, 0.6) is 0 Å². The molecule has 0 aromatic carbocycles. The van der Waals surface area contributed by atoms with Crippen molar-refractivity contribution in [2.45, 2.75) is 11.4 Å². The van der Waals surface area contributed by atoms with Crippen molar-refractivity contribution in [3.63, 3.8) is 0 Å². The van der Waals surface area contributed by atoms with Crippen LogP contribution >= 0.6 is 23.2 Å². The van der Waals surface area contributed by atoms with Crippen molar-refractivity contribution in [1.82, 2.24) is 0 Å². The molecule has 0 N–H and O–H groups in total. The lowest BCUT2D eigenvalue weighted by atomic mass is 10.1. The van der Waals surface area contributed by atoms with E-state index >= 15 is 0 Å². The number of hydrogen-bond acceptors (Lipinski definition) is 2. The van der Waals surface area contributed by atoms with Gasteiger partial charge in [-0.15, -0.1) is 4.91 Å². The Bertz CT molecular complexity index is 212. The predicted octanol–water partition coefficient (Wildman–Crippen LogP) is 2.77. The maximum atomic E-state index is 10.1. The molecular formula is C6H5Cl2NO. The largest absolute Gasteiger partial charge is 0.198 e. The molecule has 0 aromatic rings. The molecule has 2 nitrogen and oxygen atoms in total. The minimum Gasteiger partial charge on any atom is -0.149 e. The monoisotopic (exact) mass is 177 g/mol. The van der Waals surface area contributed by atoms with Crippen LogP contribution in [-0.2, 0) is 0 Å². The van der Waals surface area contributed by atoms with Crippen molar-refractivity contribution in [3.05, 3.63) is 28.2 Å². The smallest absolute Gasteiger partial charge is 0.149 e. The van der Waals surface area contributed by atoms with Crippen LogP contribution in [0.25, 0.3) is 0 Å². The Morgan fingerprint density at radius 2 is 2.40 bits per heavy atom. The Hall–Kier alpha value is -0.340. The summed E-state index contributed by atoms with van der Waals surface area (Å²) in [6.45, 7) is 0. The zero-order valence-electron chi connectivity index (χ0n) is 5.05. The topological polar surface area (TPSA) is 29.4 Å². The summed E-state index contributed by atoms with van der Waals surface area (Å²) >= 11 is 11.3. The Labute approximate surface area is 68.5 Å². The number of rotatable bonds is 1. The van der Waals surface area contributed by atoms with Crippen molar-refractivity contribution < 1.29 is 0 Å². The third kappa shape index (κ3) is 1.58. The average Bonchev–Trinajstić information content (AvgIpc) is 1.88. The number of halogens is 2. The lowest BCUT2D eigenvalue weighted by Crippen LogP contribution is -2.15. The number of nitrogens with zero attached hydrogens (tertiary/aromatic N) is 1. The number of allylic oxidation sites excluding steroid dienone is 2. The fraction of sp³-hybridized carbons (Fsp3) is 0.333. The van der Waals surface area contributed by atoms with Gasteiger partial charge < -0.3 is 0 Å². The van der Waals surface area contributed by atoms with Gasteiger partial charge >= 0.3 is 0 Å². The molecule has 54 valence electrons. The van der Waals surface area contributed by atoms with Crippen molar-refractivity contribution in [1.29, 1.82) is 0 Å². The highest BCUT2D eigenvalue weighted by Gasteiger charge is 2.27. The van der Waals surface area contributed by atoms with Gasteiger partial charge in [-0.2, -0.15) is 0 Å². The zero-order chi connectivity index (χ0) is 7.61. The van der Waals surface area contributed by atoms with E-state index in [-0.39, 0.29) is 6.42 Å². The highest BCUT2D eigenvalue weighted by Crippen LogP contribution is 2.31. The standard InChI is InChI=1S/C6H5Cl2NO/c7-5-2-1-3-6(8,4-5)9-10/h1-3H,4H2. The van der Waals surface area contributed by atoms with E-state index in [0.29, 0.717) is 5.03 Å². The number of hydrogen-bond donors (Lipinski definition) is 0. The van der Waals surface area contributed by atoms with E-state index in [0.717, 1.165) is 0 Å². The molecule has 1 rings (SSSR count). The summed E-state index contributed by atoms with van der Waals surface area (Å²) in [5.41, 5.74) is 0. The van der Waals surface area contributed by atoms with Crippen LogP contribution in [0.2, 0.25) is 0 Å². The molecule has 1 aliphatic rings. The highest BCUT2D eigenvalue weighted by molar-refractivity contribution is 6.32. The molecule has 10 heavy (non-hydrogen) atoms. The fourth-order valence-electron chi connectivity index (χ4n) is 0.717. The molecule has 0 aromatic heterocycles. The first-order valence-corrected chi connectivity index (χ1v) is 3.49. The molecule has 0 saturated heterocycles. The van der Waals surface area contributed by atoms with Crippen molar-refractivity contribution in [2.75, 3.05) is 0 Å². The molecule has 0 radical (unpaired) electrons. The molecule has 0 fully saturated rings. The van der Waals surface area contributed by atoms with Gasteiger partial charge in [0.15, 0.2) is 5.00 Å². The minimum atomic E-state index is -1.15. The van der Waals surface area contributed by atoms with Gasteiger partial charge in [0, 0.05) is 11.5 Å². The Balaban J connectivity index is 2.80. The molecule has 0 bridgehead atoms. The Kier molecular flexibility index (Phi) is 2.11. The summed E-state index contributed by atoms with van der Waals surface area (Å²) < 4.78 is 0. The third-order valence-electron chi connectivity index (χ3n) is 1.20. The van der Waals surface area contributed by atoms with E-state index in [1.54, 1.807) is 12.2 Å². The molecule has 0 aliphatic heterocycles. The molecule has 1 unspecified atom stereocenters. The van der Waals surface area contributed by atoms with Crippen molar-refractivity contribution in [3.8, 4) is 0 Å². The minimum absolute atomic E-state index is 0.288. The van der Waals surface area contributed by atoms with Crippen molar-refractivity contribution >= 4 is 23.2 Å². The lowest BCUT2D eigenvalue weighted by molar-refractivity contribution is 0.730. The fourth-order valence-corrected chi connectivity index (χ4v) is 1.28. The summed E-state index contributed by atoms with van der Waals surface area (Å²) in [7, 11) is 0. The van der Waals surface area contributed by atoms with Gasteiger partial charge in [0.25, 0.3) is 0 Å². The first-order valence-electron chi connectivity index (χ1n) is 2.74. The maximum Gasteiger partial charge on any atom is 0.198 e.